The third kappa shape index (κ3) is 2.17. The molecule has 0 aliphatic rings. The molecule has 4 heteroatoms. The Hall–Kier alpha value is 0.560. The number of benzene rings is 2. The van der Waals surface area contributed by atoms with Crippen molar-refractivity contribution in [2.45, 2.75) is 0 Å². The number of carbonyl (C=O) groups is 1. The molecular formula is C11H5I3O. The normalized spacial score (nSPS) is 10.6. The Morgan fingerprint density at radius 1 is 1.00 bits per heavy atom. The molecule has 0 saturated carbocycles. The van der Waals surface area contributed by atoms with Crippen LogP contribution in [0.2, 0.25) is 0 Å². The number of carbonyl (C=O) groups excluding carboxylic acids is 1. The summed E-state index contributed by atoms with van der Waals surface area (Å²) in [6.07, 6.45) is 0.933. The predicted molar refractivity (Wildman–Crippen MR) is 87.5 cm³/mol. The molecule has 0 heterocycles. The zero-order valence-electron chi connectivity index (χ0n) is 7.43. The fourth-order valence-electron chi connectivity index (χ4n) is 1.44. The number of aldehydes is 1. The van der Waals surface area contributed by atoms with Crippen molar-refractivity contribution in [3.05, 3.63) is 40.5 Å². The van der Waals surface area contributed by atoms with Crippen molar-refractivity contribution >= 4 is 84.8 Å². The van der Waals surface area contributed by atoms with Gasteiger partial charge in [0.2, 0.25) is 0 Å². The number of halogens is 3. The zero-order chi connectivity index (χ0) is 11.0. The van der Waals surface area contributed by atoms with Crippen LogP contribution >= 0.6 is 67.8 Å². The first kappa shape index (κ1) is 12.0. The molecule has 15 heavy (non-hydrogen) atoms. The standard InChI is InChI=1S/C11H5I3O/c12-9-3-1-2-6-7(9)4-10(13)8(5-15)11(6)14/h1-5H. The summed E-state index contributed by atoms with van der Waals surface area (Å²) in [7, 11) is 0. The third-order valence-electron chi connectivity index (χ3n) is 2.17. The van der Waals surface area contributed by atoms with Gasteiger partial charge in [0, 0.05) is 16.3 Å². The smallest absolute Gasteiger partial charge is 0.152 e. The summed E-state index contributed by atoms with van der Waals surface area (Å²) in [5.74, 6) is 0. The molecule has 0 N–H and O–H groups in total. The van der Waals surface area contributed by atoms with E-state index < -0.39 is 0 Å². The van der Waals surface area contributed by atoms with Crippen LogP contribution in [0.25, 0.3) is 10.8 Å². The Bertz CT molecular complexity index is 549. The van der Waals surface area contributed by atoms with Gasteiger partial charge in [-0.15, -0.1) is 0 Å². The summed E-state index contributed by atoms with van der Waals surface area (Å²) in [5.41, 5.74) is 0.797. The third-order valence-corrected chi connectivity index (χ3v) is 5.17. The van der Waals surface area contributed by atoms with E-state index in [1.165, 1.54) is 8.96 Å². The lowest BCUT2D eigenvalue weighted by molar-refractivity contribution is 0.112. The minimum absolute atomic E-state index is 0.797. The van der Waals surface area contributed by atoms with E-state index in [-0.39, 0.29) is 0 Å². The molecule has 76 valence electrons. The van der Waals surface area contributed by atoms with Crippen LogP contribution in [0.5, 0.6) is 0 Å². The summed E-state index contributed by atoms with van der Waals surface area (Å²) >= 11 is 6.77. The van der Waals surface area contributed by atoms with Gasteiger partial charge in [-0.1, -0.05) is 12.1 Å². The molecule has 2 rings (SSSR count). The maximum absolute atomic E-state index is 11.0. The van der Waals surface area contributed by atoms with Gasteiger partial charge in [0.25, 0.3) is 0 Å². The summed E-state index contributed by atoms with van der Waals surface area (Å²) in [5, 5.41) is 2.38. The average Bonchev–Trinajstić information content (AvgIpc) is 2.20. The van der Waals surface area contributed by atoms with Gasteiger partial charge in [-0.3, -0.25) is 4.79 Å². The first-order valence-electron chi connectivity index (χ1n) is 4.16. The lowest BCUT2D eigenvalue weighted by Gasteiger charge is -2.07. The molecule has 0 aliphatic carbocycles. The Labute approximate surface area is 128 Å². The van der Waals surface area contributed by atoms with Crippen LogP contribution < -0.4 is 0 Å². The van der Waals surface area contributed by atoms with E-state index in [1.807, 2.05) is 6.07 Å². The second-order valence-electron chi connectivity index (χ2n) is 3.04. The topological polar surface area (TPSA) is 17.1 Å². The van der Waals surface area contributed by atoms with E-state index in [4.69, 9.17) is 0 Å². The van der Waals surface area contributed by atoms with E-state index in [2.05, 4.69) is 86.0 Å². The van der Waals surface area contributed by atoms with Gasteiger partial charge in [0.05, 0.1) is 0 Å². The van der Waals surface area contributed by atoms with Crippen LogP contribution in [0.1, 0.15) is 10.4 Å². The van der Waals surface area contributed by atoms with Crippen LogP contribution in [0, 0.1) is 10.7 Å². The first-order chi connectivity index (χ1) is 7.15. The highest BCUT2D eigenvalue weighted by atomic mass is 127. The summed E-state index contributed by atoms with van der Waals surface area (Å²) < 4.78 is 3.28. The fourth-order valence-corrected chi connectivity index (χ4v) is 4.20. The highest BCUT2D eigenvalue weighted by Crippen LogP contribution is 2.30. The minimum atomic E-state index is 0.797. The van der Waals surface area contributed by atoms with Crippen molar-refractivity contribution in [2.24, 2.45) is 0 Å². The summed E-state index contributed by atoms with van der Waals surface area (Å²) in [6, 6.07) is 8.23. The molecule has 0 aromatic heterocycles. The van der Waals surface area contributed by atoms with Crippen LogP contribution in [-0.4, -0.2) is 6.29 Å². The Kier molecular flexibility index (Phi) is 3.87. The van der Waals surface area contributed by atoms with Gasteiger partial charge < -0.3 is 0 Å². The Morgan fingerprint density at radius 3 is 2.40 bits per heavy atom. The molecule has 0 bridgehead atoms. The SMILES string of the molecule is O=Cc1c(I)cc2c(I)cccc2c1I. The van der Waals surface area contributed by atoms with Crippen LogP contribution in [0.3, 0.4) is 0 Å². The predicted octanol–water partition coefficient (Wildman–Crippen LogP) is 4.47. The van der Waals surface area contributed by atoms with Gasteiger partial charge in [-0.05, 0) is 90.7 Å². The number of hydrogen-bond acceptors (Lipinski definition) is 1. The van der Waals surface area contributed by atoms with Gasteiger partial charge in [-0.2, -0.15) is 0 Å². The molecule has 0 amide bonds. The lowest BCUT2D eigenvalue weighted by atomic mass is 10.1. The van der Waals surface area contributed by atoms with E-state index in [0.717, 1.165) is 24.4 Å². The van der Waals surface area contributed by atoms with Gasteiger partial charge in [0.1, 0.15) is 0 Å². The van der Waals surface area contributed by atoms with E-state index in [0.29, 0.717) is 0 Å². The second kappa shape index (κ2) is 4.82. The molecule has 2 aromatic rings. The highest BCUT2D eigenvalue weighted by molar-refractivity contribution is 14.1. The molecule has 0 atom stereocenters. The van der Waals surface area contributed by atoms with E-state index in [9.17, 15) is 4.79 Å². The largest absolute Gasteiger partial charge is 0.298 e. The molecule has 0 aliphatic heterocycles. The fraction of sp³-hybridized carbons (Fsp3) is 0. The van der Waals surface area contributed by atoms with Gasteiger partial charge >= 0.3 is 0 Å². The molecule has 2 aromatic carbocycles. The Morgan fingerprint density at radius 2 is 1.73 bits per heavy atom. The maximum atomic E-state index is 11.0. The average molecular weight is 534 g/mol. The molecule has 0 unspecified atom stereocenters. The maximum Gasteiger partial charge on any atom is 0.152 e. The Balaban J connectivity index is 2.97. The summed E-state index contributed by atoms with van der Waals surface area (Å²) in [4.78, 5) is 11.0. The minimum Gasteiger partial charge on any atom is -0.298 e. The second-order valence-corrected chi connectivity index (χ2v) is 6.44. The van der Waals surface area contributed by atoms with Gasteiger partial charge in [-0.25, -0.2) is 0 Å². The molecule has 0 saturated heterocycles. The van der Waals surface area contributed by atoms with Crippen molar-refractivity contribution in [3.8, 4) is 0 Å². The number of fused-ring (bicyclic) bond motifs is 1. The van der Waals surface area contributed by atoms with Crippen LogP contribution in [-0.2, 0) is 0 Å². The number of rotatable bonds is 1. The van der Waals surface area contributed by atoms with Crippen LogP contribution in [0.4, 0.5) is 0 Å². The lowest BCUT2D eigenvalue weighted by Crippen LogP contribution is -1.93. The van der Waals surface area contributed by atoms with Crippen molar-refractivity contribution in [3.63, 3.8) is 0 Å². The van der Waals surface area contributed by atoms with E-state index >= 15 is 0 Å². The molecule has 0 spiro atoms. The molecule has 1 nitrogen and oxygen atoms in total. The first-order valence-corrected chi connectivity index (χ1v) is 7.40. The van der Waals surface area contributed by atoms with Crippen molar-refractivity contribution < 1.29 is 4.79 Å². The molecular weight excluding hydrogens is 529 g/mol. The van der Waals surface area contributed by atoms with Crippen molar-refractivity contribution in [2.75, 3.05) is 0 Å². The molecule has 0 fully saturated rings. The monoisotopic (exact) mass is 534 g/mol. The van der Waals surface area contributed by atoms with Crippen molar-refractivity contribution in [1.29, 1.82) is 0 Å². The van der Waals surface area contributed by atoms with Gasteiger partial charge in [0.15, 0.2) is 6.29 Å². The van der Waals surface area contributed by atoms with Crippen LogP contribution in [0.15, 0.2) is 24.3 Å². The van der Waals surface area contributed by atoms with E-state index in [1.54, 1.807) is 0 Å². The van der Waals surface area contributed by atoms with Crippen molar-refractivity contribution in [1.82, 2.24) is 0 Å². The zero-order valence-corrected chi connectivity index (χ0v) is 13.9. The summed E-state index contributed by atoms with van der Waals surface area (Å²) in [6.45, 7) is 0. The molecule has 0 radical (unpaired) electrons. The highest BCUT2D eigenvalue weighted by Gasteiger charge is 2.10. The quantitative estimate of drug-likeness (QED) is 0.391. The number of hydrogen-bond donors (Lipinski definition) is 0.